The minimum Gasteiger partial charge on any atom is -0.353 e. The Balaban J connectivity index is 1.89. The average Bonchev–Trinajstić information content (AvgIpc) is 2.69. The van der Waals surface area contributed by atoms with Gasteiger partial charge in [0.25, 0.3) is 0 Å². The molecule has 0 bridgehead atoms. The third-order valence-corrected chi connectivity index (χ3v) is 3.49. The second-order valence-electron chi connectivity index (χ2n) is 4.35. The van der Waals surface area contributed by atoms with Crippen LogP contribution in [0.3, 0.4) is 0 Å². The molecule has 6 heteroatoms. The Morgan fingerprint density at radius 3 is 2.71 bits per heavy atom. The molecule has 3 rings (SSSR count). The van der Waals surface area contributed by atoms with Crippen molar-refractivity contribution >= 4 is 27.4 Å². The standard InChI is InChI=1S/C11H14BrN5/c1-15-4-6-16(7-5-15)11-3-2-10-13-9(12)8-17(10)14-11/h2-3,8H,4-7H2,1H3. The van der Waals surface area contributed by atoms with Crippen LogP contribution in [0.2, 0.25) is 0 Å². The molecule has 0 unspecified atom stereocenters. The molecule has 1 fully saturated rings. The summed E-state index contributed by atoms with van der Waals surface area (Å²) >= 11 is 3.36. The van der Waals surface area contributed by atoms with Crippen LogP contribution in [-0.4, -0.2) is 52.7 Å². The van der Waals surface area contributed by atoms with Crippen LogP contribution in [0.4, 0.5) is 5.82 Å². The van der Waals surface area contributed by atoms with Crippen LogP contribution >= 0.6 is 15.9 Å². The lowest BCUT2D eigenvalue weighted by Gasteiger charge is -2.32. The maximum atomic E-state index is 4.58. The van der Waals surface area contributed by atoms with E-state index in [1.807, 2.05) is 22.8 Å². The number of nitrogens with zero attached hydrogens (tertiary/aromatic N) is 5. The van der Waals surface area contributed by atoms with E-state index in [-0.39, 0.29) is 0 Å². The monoisotopic (exact) mass is 295 g/mol. The highest BCUT2D eigenvalue weighted by atomic mass is 79.9. The van der Waals surface area contributed by atoms with E-state index >= 15 is 0 Å². The molecule has 2 aromatic heterocycles. The molecule has 0 spiro atoms. The first kappa shape index (κ1) is 11.0. The van der Waals surface area contributed by atoms with Crippen LogP contribution in [0, 0.1) is 0 Å². The van der Waals surface area contributed by atoms with Crippen LogP contribution in [-0.2, 0) is 0 Å². The molecule has 5 nitrogen and oxygen atoms in total. The maximum Gasteiger partial charge on any atom is 0.155 e. The lowest BCUT2D eigenvalue weighted by molar-refractivity contribution is 0.311. The van der Waals surface area contributed by atoms with Gasteiger partial charge < -0.3 is 9.80 Å². The summed E-state index contributed by atoms with van der Waals surface area (Å²) in [4.78, 5) is 8.95. The first-order chi connectivity index (χ1) is 8.22. The van der Waals surface area contributed by atoms with Crippen LogP contribution in [0.1, 0.15) is 0 Å². The summed E-state index contributed by atoms with van der Waals surface area (Å²) in [5.41, 5.74) is 0.870. The highest BCUT2D eigenvalue weighted by Gasteiger charge is 2.15. The van der Waals surface area contributed by atoms with Crippen molar-refractivity contribution in [3.8, 4) is 0 Å². The second-order valence-corrected chi connectivity index (χ2v) is 5.16. The Hall–Kier alpha value is -1.14. The summed E-state index contributed by atoms with van der Waals surface area (Å²) in [6.07, 6.45) is 1.88. The number of imidazole rings is 1. The van der Waals surface area contributed by atoms with Gasteiger partial charge in [0.15, 0.2) is 5.65 Å². The van der Waals surface area contributed by atoms with Crippen molar-refractivity contribution in [2.24, 2.45) is 0 Å². The molecule has 0 amide bonds. The van der Waals surface area contributed by atoms with Crippen LogP contribution in [0.15, 0.2) is 22.9 Å². The summed E-state index contributed by atoms with van der Waals surface area (Å²) in [5, 5.41) is 4.58. The van der Waals surface area contributed by atoms with Gasteiger partial charge in [0, 0.05) is 26.2 Å². The zero-order valence-corrected chi connectivity index (χ0v) is 11.3. The maximum absolute atomic E-state index is 4.58. The molecule has 1 aliphatic heterocycles. The number of anilines is 1. The first-order valence-electron chi connectivity index (χ1n) is 5.68. The van der Waals surface area contributed by atoms with E-state index in [1.54, 1.807) is 0 Å². The molecule has 3 heterocycles. The second kappa shape index (κ2) is 4.27. The number of hydrogen-bond donors (Lipinski definition) is 0. The number of piperazine rings is 1. The van der Waals surface area contributed by atoms with Gasteiger partial charge in [-0.1, -0.05) is 0 Å². The molecule has 90 valence electrons. The van der Waals surface area contributed by atoms with Gasteiger partial charge in [-0.3, -0.25) is 0 Å². The molecule has 0 saturated carbocycles. The van der Waals surface area contributed by atoms with Crippen molar-refractivity contribution in [3.05, 3.63) is 22.9 Å². The van der Waals surface area contributed by atoms with Crippen LogP contribution in [0.25, 0.3) is 5.65 Å². The fourth-order valence-corrected chi connectivity index (χ4v) is 2.42. The van der Waals surface area contributed by atoms with E-state index in [4.69, 9.17) is 0 Å². The largest absolute Gasteiger partial charge is 0.353 e. The predicted molar refractivity (Wildman–Crippen MR) is 70.4 cm³/mol. The topological polar surface area (TPSA) is 36.7 Å². The molecular formula is C11H14BrN5. The van der Waals surface area contributed by atoms with Crippen molar-refractivity contribution in [2.45, 2.75) is 0 Å². The van der Waals surface area contributed by atoms with Crippen LogP contribution < -0.4 is 4.90 Å². The lowest BCUT2D eigenvalue weighted by Crippen LogP contribution is -2.44. The van der Waals surface area contributed by atoms with Gasteiger partial charge in [0.2, 0.25) is 0 Å². The number of likely N-dealkylation sites (N-methyl/N-ethyl adjacent to an activating group) is 1. The van der Waals surface area contributed by atoms with Crippen molar-refractivity contribution < 1.29 is 0 Å². The third-order valence-electron chi connectivity index (χ3n) is 3.10. The van der Waals surface area contributed by atoms with Crippen molar-refractivity contribution in [1.82, 2.24) is 19.5 Å². The zero-order valence-electron chi connectivity index (χ0n) is 9.67. The van der Waals surface area contributed by atoms with Crippen LogP contribution in [0.5, 0.6) is 0 Å². The fourth-order valence-electron chi connectivity index (χ4n) is 2.05. The molecule has 0 radical (unpaired) electrons. The highest BCUT2D eigenvalue weighted by molar-refractivity contribution is 9.10. The van der Waals surface area contributed by atoms with Crippen molar-refractivity contribution in [1.29, 1.82) is 0 Å². The number of fused-ring (bicyclic) bond motifs is 1. The van der Waals surface area contributed by atoms with E-state index in [0.717, 1.165) is 42.2 Å². The molecule has 1 aliphatic rings. The number of aromatic nitrogens is 3. The smallest absolute Gasteiger partial charge is 0.155 e. The molecule has 0 N–H and O–H groups in total. The summed E-state index contributed by atoms with van der Waals surface area (Å²) in [5.74, 6) is 1.02. The number of rotatable bonds is 1. The average molecular weight is 296 g/mol. The quantitative estimate of drug-likeness (QED) is 0.793. The minimum absolute atomic E-state index is 0.820. The Morgan fingerprint density at radius 1 is 1.18 bits per heavy atom. The molecule has 0 aromatic carbocycles. The fraction of sp³-hybridized carbons (Fsp3) is 0.455. The van der Waals surface area contributed by atoms with E-state index in [9.17, 15) is 0 Å². The highest BCUT2D eigenvalue weighted by Crippen LogP contribution is 2.16. The van der Waals surface area contributed by atoms with Crippen molar-refractivity contribution in [3.63, 3.8) is 0 Å². The molecular weight excluding hydrogens is 282 g/mol. The van der Waals surface area contributed by atoms with Gasteiger partial charge in [0.1, 0.15) is 10.4 Å². The van der Waals surface area contributed by atoms with E-state index in [2.05, 4.69) is 42.9 Å². The van der Waals surface area contributed by atoms with E-state index in [1.165, 1.54) is 0 Å². The number of hydrogen-bond acceptors (Lipinski definition) is 4. The molecule has 2 aromatic rings. The zero-order chi connectivity index (χ0) is 11.8. The van der Waals surface area contributed by atoms with Gasteiger partial charge in [-0.2, -0.15) is 0 Å². The molecule has 17 heavy (non-hydrogen) atoms. The summed E-state index contributed by atoms with van der Waals surface area (Å²) in [6, 6.07) is 4.05. The molecule has 1 saturated heterocycles. The summed E-state index contributed by atoms with van der Waals surface area (Å²) < 4.78 is 2.64. The van der Waals surface area contributed by atoms with Gasteiger partial charge in [-0.25, -0.2) is 9.50 Å². The minimum atomic E-state index is 0.820. The van der Waals surface area contributed by atoms with Crippen molar-refractivity contribution in [2.75, 3.05) is 38.1 Å². The number of halogens is 1. The Kier molecular flexibility index (Phi) is 2.76. The first-order valence-corrected chi connectivity index (χ1v) is 6.47. The van der Waals surface area contributed by atoms with E-state index < -0.39 is 0 Å². The lowest BCUT2D eigenvalue weighted by atomic mass is 10.3. The SMILES string of the molecule is CN1CCN(c2ccc3nc(Br)cn3n2)CC1. The Labute approximate surface area is 108 Å². The third kappa shape index (κ3) is 2.14. The Bertz CT molecular complexity index is 530. The van der Waals surface area contributed by atoms with Gasteiger partial charge in [0.05, 0.1) is 6.20 Å². The van der Waals surface area contributed by atoms with E-state index in [0.29, 0.717) is 0 Å². The molecule has 0 aliphatic carbocycles. The summed E-state index contributed by atoms with van der Waals surface area (Å²) in [6.45, 7) is 4.25. The van der Waals surface area contributed by atoms with Gasteiger partial charge in [-0.05, 0) is 35.1 Å². The van der Waals surface area contributed by atoms with Gasteiger partial charge in [-0.15, -0.1) is 5.10 Å². The summed E-state index contributed by atoms with van der Waals surface area (Å²) in [7, 11) is 2.15. The van der Waals surface area contributed by atoms with Gasteiger partial charge >= 0.3 is 0 Å². The normalized spacial score (nSPS) is 17.9. The molecule has 0 atom stereocenters. The Morgan fingerprint density at radius 2 is 1.94 bits per heavy atom. The predicted octanol–water partition coefficient (Wildman–Crippen LogP) is 1.24.